The topological polar surface area (TPSA) is 118 Å². The molecule has 0 radical (unpaired) electrons. The number of amides is 1. The smallest absolute Gasteiger partial charge is 0.337 e. The van der Waals surface area contributed by atoms with Crippen LogP contribution in [0, 0.1) is 5.92 Å². The molecule has 1 N–H and O–H groups in total. The van der Waals surface area contributed by atoms with Crippen molar-refractivity contribution >= 4 is 22.7 Å². The zero-order chi connectivity index (χ0) is 24.4. The molecule has 3 fully saturated rings. The van der Waals surface area contributed by atoms with Gasteiger partial charge in [0.2, 0.25) is 11.6 Å². The monoisotopic (exact) mass is 482 g/mol. The first-order valence-corrected chi connectivity index (χ1v) is 13.1. The lowest BCUT2D eigenvalue weighted by atomic mass is 9.97. The maximum atomic E-state index is 13.0. The maximum absolute atomic E-state index is 13.0. The first-order chi connectivity index (χ1) is 17.0. The predicted octanol–water partition coefficient (Wildman–Crippen LogP) is 4.08. The van der Waals surface area contributed by atoms with Gasteiger partial charge in [-0.1, -0.05) is 37.8 Å². The minimum absolute atomic E-state index is 0.0321. The number of oxime groups is 1. The van der Waals surface area contributed by atoms with Crippen molar-refractivity contribution in [1.82, 2.24) is 14.9 Å². The molecule has 2 saturated heterocycles. The van der Waals surface area contributed by atoms with Crippen molar-refractivity contribution in [2.45, 2.75) is 102 Å². The number of aryl methyl sites for hydroxylation is 1. The number of piperidine rings is 1. The molecule has 35 heavy (non-hydrogen) atoms. The average molecular weight is 483 g/mol. The lowest BCUT2D eigenvalue weighted by Crippen LogP contribution is -2.47. The fourth-order valence-electron chi connectivity index (χ4n) is 6.08. The van der Waals surface area contributed by atoms with Crippen molar-refractivity contribution in [2.75, 3.05) is 0 Å². The summed E-state index contributed by atoms with van der Waals surface area (Å²) in [7, 11) is 0. The van der Waals surface area contributed by atoms with Gasteiger partial charge < -0.3 is 14.2 Å². The summed E-state index contributed by atoms with van der Waals surface area (Å²) in [6, 6.07) is 1.60. The van der Waals surface area contributed by atoms with Gasteiger partial charge in [0.15, 0.2) is 0 Å². The third-order valence-corrected chi connectivity index (χ3v) is 7.77. The molecule has 9 nitrogen and oxygen atoms in total. The van der Waals surface area contributed by atoms with E-state index in [1.807, 2.05) is 0 Å². The van der Waals surface area contributed by atoms with E-state index in [1.54, 1.807) is 0 Å². The van der Waals surface area contributed by atoms with Gasteiger partial charge in [-0.2, -0.15) is 4.98 Å². The van der Waals surface area contributed by atoms with Crippen LogP contribution in [0.25, 0.3) is 11.1 Å². The predicted molar refractivity (Wildman–Crippen MR) is 132 cm³/mol. The molecule has 2 aliphatic heterocycles. The Morgan fingerprint density at radius 2 is 1.91 bits per heavy atom. The molecule has 0 aromatic carbocycles. The summed E-state index contributed by atoms with van der Waals surface area (Å²) < 4.78 is 5.20. The van der Waals surface area contributed by atoms with Gasteiger partial charge in [-0.25, -0.2) is 4.79 Å². The van der Waals surface area contributed by atoms with E-state index >= 15 is 0 Å². The van der Waals surface area contributed by atoms with Crippen LogP contribution in [0.15, 0.2) is 25.2 Å². The molecule has 5 rings (SSSR count). The van der Waals surface area contributed by atoms with Crippen molar-refractivity contribution in [1.29, 1.82) is 0 Å². The molecule has 2 aromatic rings. The molecular weight excluding hydrogens is 448 g/mol. The van der Waals surface area contributed by atoms with E-state index in [9.17, 15) is 14.4 Å². The van der Waals surface area contributed by atoms with Gasteiger partial charge in [-0.3, -0.25) is 14.6 Å². The molecule has 2 atom stereocenters. The van der Waals surface area contributed by atoms with Crippen LogP contribution in [-0.4, -0.2) is 38.6 Å². The molecule has 0 spiro atoms. The molecule has 188 valence electrons. The Labute approximate surface area is 203 Å². The Kier molecular flexibility index (Phi) is 7.02. The second-order valence-electron chi connectivity index (χ2n) is 10.3. The quantitative estimate of drug-likeness (QED) is 0.447. The number of nitrogens with one attached hydrogen (secondary N) is 1. The van der Waals surface area contributed by atoms with Crippen LogP contribution >= 0.6 is 0 Å². The number of hydrogen-bond acceptors (Lipinski definition) is 7. The number of fused-ring (bicyclic) bond motifs is 3. The lowest BCUT2D eigenvalue weighted by molar-refractivity contribution is -0.135. The van der Waals surface area contributed by atoms with Crippen LogP contribution in [0.2, 0.25) is 0 Å². The number of unbranched alkanes of at least 4 members (excludes halogenated alkanes) is 2. The van der Waals surface area contributed by atoms with Gasteiger partial charge in [0.25, 0.3) is 5.56 Å². The van der Waals surface area contributed by atoms with Crippen LogP contribution in [0.3, 0.4) is 0 Å². The fraction of sp³-hybridized carbons (Fsp3) is 0.654. The molecule has 4 heterocycles. The Bertz CT molecular complexity index is 1210. The normalized spacial score (nSPS) is 22.2. The fourth-order valence-corrected chi connectivity index (χ4v) is 6.08. The highest BCUT2D eigenvalue weighted by Gasteiger charge is 2.42. The highest BCUT2D eigenvalue weighted by Crippen LogP contribution is 2.37. The summed E-state index contributed by atoms with van der Waals surface area (Å²) in [5, 5.41) is 4.56. The van der Waals surface area contributed by atoms with Crippen LogP contribution in [-0.2, 0) is 11.2 Å². The molecule has 1 aliphatic carbocycles. The summed E-state index contributed by atoms with van der Waals surface area (Å²) >= 11 is 0. The van der Waals surface area contributed by atoms with Gasteiger partial charge in [0, 0.05) is 37.4 Å². The third kappa shape index (κ3) is 5.18. The van der Waals surface area contributed by atoms with E-state index in [4.69, 9.17) is 9.25 Å². The zero-order valence-electron chi connectivity index (χ0n) is 20.4. The molecule has 2 bridgehead atoms. The zero-order valence-corrected chi connectivity index (χ0v) is 20.4. The van der Waals surface area contributed by atoms with Crippen LogP contribution in [0.4, 0.5) is 0 Å². The Morgan fingerprint density at radius 3 is 2.63 bits per heavy atom. The van der Waals surface area contributed by atoms with E-state index in [1.165, 1.54) is 31.7 Å². The molecule has 1 amide bonds. The summed E-state index contributed by atoms with van der Waals surface area (Å²) in [6.45, 7) is 2.10. The Hall–Kier alpha value is -2.97. The van der Waals surface area contributed by atoms with Crippen molar-refractivity contribution in [3.05, 3.63) is 32.4 Å². The minimum atomic E-state index is -0.536. The molecule has 2 unspecified atom stereocenters. The number of H-pyrrole nitrogens is 1. The molecule has 2 aromatic heterocycles. The van der Waals surface area contributed by atoms with Gasteiger partial charge in [-0.05, 0) is 50.0 Å². The summed E-state index contributed by atoms with van der Waals surface area (Å²) in [5.41, 5.74) is 0.524. The third-order valence-electron chi connectivity index (χ3n) is 7.77. The van der Waals surface area contributed by atoms with Crippen molar-refractivity contribution in [2.24, 2.45) is 11.1 Å². The Balaban J connectivity index is 1.28. The van der Waals surface area contributed by atoms with E-state index in [-0.39, 0.29) is 35.1 Å². The van der Waals surface area contributed by atoms with Crippen LogP contribution in [0.1, 0.15) is 89.5 Å². The maximum Gasteiger partial charge on any atom is 0.337 e. The second kappa shape index (κ2) is 10.3. The minimum Gasteiger partial charge on any atom is -0.403 e. The van der Waals surface area contributed by atoms with Crippen LogP contribution < -0.4 is 16.0 Å². The molecular formula is C26H34N4O5. The van der Waals surface area contributed by atoms with E-state index in [0.717, 1.165) is 37.8 Å². The van der Waals surface area contributed by atoms with Gasteiger partial charge in [0.05, 0.1) is 5.71 Å². The van der Waals surface area contributed by atoms with E-state index < -0.39 is 11.2 Å². The van der Waals surface area contributed by atoms with E-state index in [2.05, 4.69) is 26.9 Å². The highest BCUT2D eigenvalue weighted by molar-refractivity contribution is 5.89. The number of carbonyl (C=O) groups excluding carboxylic acids is 1. The summed E-state index contributed by atoms with van der Waals surface area (Å²) in [5.74, 6) is 0.831. The number of rotatable bonds is 8. The number of aromatic amines is 1. The molecule has 1 saturated carbocycles. The van der Waals surface area contributed by atoms with Crippen molar-refractivity contribution < 1.29 is 14.0 Å². The number of nitrogens with zero attached hydrogens (tertiary/aromatic N) is 3. The van der Waals surface area contributed by atoms with Crippen LogP contribution in [0.5, 0.6) is 6.01 Å². The molecule has 9 heteroatoms. The second-order valence-corrected chi connectivity index (χ2v) is 10.3. The van der Waals surface area contributed by atoms with Crippen molar-refractivity contribution in [3.63, 3.8) is 0 Å². The SMILES string of the molecule is CCCCCc1cc(=O)oc2nc(ON=C3CC4CCC(C3)N4C(=O)CC3CCCC3)[nH]c(=O)c12. The largest absolute Gasteiger partial charge is 0.403 e. The summed E-state index contributed by atoms with van der Waals surface area (Å²) in [4.78, 5) is 52.2. The standard InChI is InChI=1S/C26H34N4O5/c1-2-3-4-9-17-13-22(32)34-25-23(17)24(33)27-26(28-25)35-29-18-14-19-10-11-20(15-18)30(19)21(31)12-16-7-5-6-8-16/h13,16,19-20H,2-12,14-15H2,1H3,(H,27,28,33). The molecule has 3 aliphatic rings. The number of carbonyl (C=O) groups is 1. The number of aromatic nitrogens is 2. The Morgan fingerprint density at radius 1 is 1.17 bits per heavy atom. The highest BCUT2D eigenvalue weighted by atomic mass is 16.6. The first kappa shape index (κ1) is 23.8. The number of hydrogen-bond donors (Lipinski definition) is 1. The average Bonchev–Trinajstić information content (AvgIpc) is 3.42. The van der Waals surface area contributed by atoms with Gasteiger partial charge >= 0.3 is 11.6 Å². The van der Waals surface area contributed by atoms with Gasteiger partial charge in [-0.15, -0.1) is 0 Å². The van der Waals surface area contributed by atoms with Crippen molar-refractivity contribution in [3.8, 4) is 6.01 Å². The van der Waals surface area contributed by atoms with E-state index in [0.29, 0.717) is 37.2 Å². The summed E-state index contributed by atoms with van der Waals surface area (Å²) in [6.07, 6.45) is 12.4. The first-order valence-electron chi connectivity index (χ1n) is 13.1. The van der Waals surface area contributed by atoms with Gasteiger partial charge in [0.1, 0.15) is 5.39 Å². The lowest BCUT2D eigenvalue weighted by Gasteiger charge is -2.36.